The van der Waals surface area contributed by atoms with Crippen molar-refractivity contribution in [2.24, 2.45) is 5.73 Å². The zero-order valence-corrected chi connectivity index (χ0v) is 16.4. The highest BCUT2D eigenvalue weighted by molar-refractivity contribution is 5.85. The topological polar surface area (TPSA) is 111 Å². The first-order valence-electron chi connectivity index (χ1n) is 9.95. The monoisotopic (exact) mass is 402 g/mol. The summed E-state index contributed by atoms with van der Waals surface area (Å²) in [7, 11) is 0. The van der Waals surface area contributed by atoms with E-state index in [2.05, 4.69) is 25.9 Å². The zero-order chi connectivity index (χ0) is 20.7. The van der Waals surface area contributed by atoms with Crippen molar-refractivity contribution in [1.82, 2.24) is 24.8 Å². The molecule has 0 bridgehead atoms. The quantitative estimate of drug-likeness (QED) is 0.488. The van der Waals surface area contributed by atoms with Gasteiger partial charge in [0.2, 0.25) is 0 Å². The van der Waals surface area contributed by atoms with Crippen LogP contribution >= 0.6 is 0 Å². The molecular formula is C22H22N6O2. The summed E-state index contributed by atoms with van der Waals surface area (Å²) < 4.78 is 0. The number of nitrogens with two attached hydrogens (primary N) is 1. The van der Waals surface area contributed by atoms with Crippen LogP contribution in [0.25, 0.3) is 33.3 Å². The van der Waals surface area contributed by atoms with E-state index < -0.39 is 0 Å². The van der Waals surface area contributed by atoms with Gasteiger partial charge >= 0.3 is 6.03 Å². The van der Waals surface area contributed by atoms with Gasteiger partial charge in [0.1, 0.15) is 5.82 Å². The fourth-order valence-corrected chi connectivity index (χ4v) is 3.99. The molecule has 1 saturated heterocycles. The molecule has 1 aliphatic heterocycles. The van der Waals surface area contributed by atoms with E-state index in [1.165, 1.54) is 0 Å². The number of hydrogen-bond donors (Lipinski definition) is 3. The smallest absolute Gasteiger partial charge is 0.314 e. The van der Waals surface area contributed by atoms with Crippen LogP contribution in [0, 0.1) is 0 Å². The molecule has 0 spiro atoms. The molecule has 30 heavy (non-hydrogen) atoms. The van der Waals surface area contributed by atoms with Gasteiger partial charge in [-0.25, -0.2) is 9.78 Å². The molecule has 3 heterocycles. The van der Waals surface area contributed by atoms with Crippen LogP contribution in [0.5, 0.6) is 0 Å². The van der Waals surface area contributed by atoms with E-state index in [1.807, 2.05) is 42.5 Å². The van der Waals surface area contributed by atoms with E-state index in [9.17, 15) is 9.59 Å². The highest BCUT2D eigenvalue weighted by atomic mass is 16.2. The van der Waals surface area contributed by atoms with Gasteiger partial charge in [0.15, 0.2) is 0 Å². The lowest BCUT2D eigenvalue weighted by atomic mass is 10.1. The van der Waals surface area contributed by atoms with Crippen molar-refractivity contribution in [2.75, 3.05) is 26.2 Å². The average Bonchev–Trinajstić information content (AvgIpc) is 3.16. The van der Waals surface area contributed by atoms with E-state index in [1.54, 1.807) is 4.90 Å². The van der Waals surface area contributed by atoms with Crippen molar-refractivity contribution in [3.63, 3.8) is 0 Å². The van der Waals surface area contributed by atoms with Crippen molar-refractivity contribution in [3.05, 3.63) is 64.4 Å². The number of rotatable bonds is 3. The molecule has 4 aromatic rings. The van der Waals surface area contributed by atoms with Gasteiger partial charge in [-0.15, -0.1) is 0 Å². The molecule has 2 aromatic heterocycles. The number of hydrogen-bond acceptors (Lipinski definition) is 4. The normalized spacial score (nSPS) is 15.1. The number of H-pyrrole nitrogens is 2. The summed E-state index contributed by atoms with van der Waals surface area (Å²) in [6.07, 6.45) is 0. The van der Waals surface area contributed by atoms with Crippen LogP contribution in [0.1, 0.15) is 5.56 Å². The molecule has 2 amide bonds. The Morgan fingerprint density at radius 2 is 1.80 bits per heavy atom. The molecule has 0 atom stereocenters. The fraction of sp³-hybridized carbons (Fsp3) is 0.227. The Labute approximate surface area is 172 Å². The van der Waals surface area contributed by atoms with Crippen LogP contribution in [0.3, 0.4) is 0 Å². The molecule has 152 valence electrons. The summed E-state index contributed by atoms with van der Waals surface area (Å²) in [6.45, 7) is 3.66. The van der Waals surface area contributed by atoms with Crippen LogP contribution in [0.2, 0.25) is 0 Å². The predicted octanol–water partition coefficient (Wildman–Crippen LogP) is 2.27. The van der Waals surface area contributed by atoms with E-state index in [4.69, 9.17) is 5.73 Å². The number of primary amides is 1. The molecule has 4 N–H and O–H groups in total. The number of carbonyl (C=O) groups excluding carboxylic acids is 1. The van der Waals surface area contributed by atoms with Crippen molar-refractivity contribution >= 4 is 28.0 Å². The number of para-hydroxylation sites is 1. The van der Waals surface area contributed by atoms with Gasteiger partial charge in [0.25, 0.3) is 5.56 Å². The molecular weight excluding hydrogens is 380 g/mol. The summed E-state index contributed by atoms with van der Waals surface area (Å²) in [5.41, 5.74) is 9.37. The number of benzene rings is 2. The van der Waals surface area contributed by atoms with Crippen molar-refractivity contribution in [2.45, 2.75) is 6.54 Å². The minimum absolute atomic E-state index is 0.166. The third-order valence-electron chi connectivity index (χ3n) is 5.65. The number of nitrogens with one attached hydrogen (secondary N) is 2. The van der Waals surface area contributed by atoms with Gasteiger partial charge in [-0.05, 0) is 35.2 Å². The lowest BCUT2D eigenvalue weighted by Crippen LogP contribution is -2.50. The maximum Gasteiger partial charge on any atom is 0.314 e. The first-order chi connectivity index (χ1) is 14.6. The molecule has 0 unspecified atom stereocenters. The van der Waals surface area contributed by atoms with E-state index in [0.29, 0.717) is 24.5 Å². The number of carbonyl (C=O) groups is 1. The average molecular weight is 402 g/mol. The van der Waals surface area contributed by atoms with Gasteiger partial charge in [-0.3, -0.25) is 9.69 Å². The summed E-state index contributed by atoms with van der Waals surface area (Å²) >= 11 is 0. The third-order valence-corrected chi connectivity index (χ3v) is 5.65. The first kappa shape index (κ1) is 18.4. The maximum absolute atomic E-state index is 12.6. The molecule has 1 aliphatic rings. The summed E-state index contributed by atoms with van der Waals surface area (Å²) in [5, 5.41) is 0.961. The molecule has 2 aromatic carbocycles. The van der Waals surface area contributed by atoms with Gasteiger partial charge in [-0.1, -0.05) is 24.3 Å². The third kappa shape index (κ3) is 3.42. The molecule has 8 nitrogen and oxygen atoms in total. The number of imidazole rings is 1. The molecule has 0 radical (unpaired) electrons. The number of fused-ring (bicyclic) bond motifs is 2. The Bertz CT molecular complexity index is 1300. The van der Waals surface area contributed by atoms with Crippen molar-refractivity contribution in [3.8, 4) is 11.4 Å². The minimum Gasteiger partial charge on any atom is -0.351 e. The largest absolute Gasteiger partial charge is 0.351 e. The van der Waals surface area contributed by atoms with E-state index >= 15 is 0 Å². The van der Waals surface area contributed by atoms with Crippen molar-refractivity contribution in [1.29, 1.82) is 0 Å². The lowest BCUT2D eigenvalue weighted by Gasteiger charge is -2.33. The summed E-state index contributed by atoms with van der Waals surface area (Å²) in [5.74, 6) is 0.559. The van der Waals surface area contributed by atoms with Crippen LogP contribution in [-0.4, -0.2) is 57.0 Å². The number of aromatic amines is 2. The second-order valence-electron chi connectivity index (χ2n) is 7.64. The molecule has 0 saturated carbocycles. The number of nitrogens with zero attached hydrogens (tertiary/aromatic N) is 3. The van der Waals surface area contributed by atoms with Gasteiger partial charge in [0, 0.05) is 38.2 Å². The molecule has 0 aliphatic carbocycles. The number of piperazine rings is 1. The summed E-state index contributed by atoms with van der Waals surface area (Å²) in [6, 6.07) is 15.3. The van der Waals surface area contributed by atoms with Crippen LogP contribution in [0.15, 0.2) is 53.3 Å². The highest BCUT2D eigenvalue weighted by Gasteiger charge is 2.19. The lowest BCUT2D eigenvalue weighted by molar-refractivity contribution is 0.140. The maximum atomic E-state index is 12.6. The van der Waals surface area contributed by atoms with Gasteiger partial charge in [0.05, 0.1) is 16.6 Å². The van der Waals surface area contributed by atoms with Crippen LogP contribution < -0.4 is 11.3 Å². The van der Waals surface area contributed by atoms with Crippen molar-refractivity contribution < 1.29 is 4.79 Å². The van der Waals surface area contributed by atoms with Gasteiger partial charge < -0.3 is 20.6 Å². The zero-order valence-electron chi connectivity index (χ0n) is 16.4. The Morgan fingerprint density at radius 1 is 1.00 bits per heavy atom. The minimum atomic E-state index is -0.358. The predicted molar refractivity (Wildman–Crippen MR) is 116 cm³/mol. The number of aromatic nitrogens is 3. The molecule has 5 rings (SSSR count). The van der Waals surface area contributed by atoms with Crippen LogP contribution in [-0.2, 0) is 6.54 Å². The van der Waals surface area contributed by atoms with Crippen LogP contribution in [0.4, 0.5) is 4.79 Å². The Hall–Kier alpha value is -3.65. The Balaban J connectivity index is 1.40. The Kier molecular flexibility index (Phi) is 4.48. The molecule has 1 fully saturated rings. The second-order valence-corrected chi connectivity index (χ2v) is 7.64. The van der Waals surface area contributed by atoms with E-state index in [-0.39, 0.29) is 11.6 Å². The fourth-order valence-electron chi connectivity index (χ4n) is 3.99. The second kappa shape index (κ2) is 7.31. The Morgan fingerprint density at radius 3 is 2.60 bits per heavy atom. The number of pyridine rings is 1. The number of amides is 2. The first-order valence-corrected chi connectivity index (χ1v) is 9.95. The molecule has 8 heteroatoms. The standard InChI is InChI=1S/C22H22N6O2/c23-22(30)28-9-7-27(8-10-28)13-14-5-6-18-19(11-14)25-20(24-18)16-12-15-3-1-2-4-17(15)26-21(16)29/h1-6,11-12H,7-10,13H2,(H2,23,30)(H,24,25)(H,26,29). The summed E-state index contributed by atoms with van der Waals surface area (Å²) in [4.78, 5) is 38.7. The van der Waals surface area contributed by atoms with Gasteiger partial charge in [-0.2, -0.15) is 0 Å². The SMILES string of the molecule is NC(=O)N1CCN(Cc2ccc3[nH]c(-c4cc5ccccc5[nH]c4=O)nc3c2)CC1. The highest BCUT2D eigenvalue weighted by Crippen LogP contribution is 2.22. The number of urea groups is 1. The van der Waals surface area contributed by atoms with E-state index in [0.717, 1.165) is 47.1 Å².